The van der Waals surface area contributed by atoms with Gasteiger partial charge < -0.3 is 15.8 Å². The number of hydrogen-bond acceptors (Lipinski definition) is 2. The van der Waals surface area contributed by atoms with Crippen molar-refractivity contribution < 1.29 is 4.74 Å². The number of allylic oxidation sites excluding steroid dienone is 2. The van der Waals surface area contributed by atoms with Crippen molar-refractivity contribution in [2.45, 2.75) is 19.3 Å². The van der Waals surface area contributed by atoms with Crippen LogP contribution in [0.15, 0.2) is 35.3 Å². The Morgan fingerprint density at radius 2 is 2.29 bits per heavy atom. The van der Waals surface area contributed by atoms with Crippen LogP contribution >= 0.6 is 35.6 Å². The summed E-state index contributed by atoms with van der Waals surface area (Å²) in [4.78, 5) is 4.39. The Balaban J connectivity index is 0.00000220. The van der Waals surface area contributed by atoms with Gasteiger partial charge in [0.15, 0.2) is 5.96 Å². The summed E-state index contributed by atoms with van der Waals surface area (Å²) in [5, 5.41) is 3.59. The van der Waals surface area contributed by atoms with Crippen molar-refractivity contribution in [2.75, 3.05) is 19.0 Å². The van der Waals surface area contributed by atoms with Gasteiger partial charge in [-0.15, -0.1) is 24.0 Å². The first kappa shape index (κ1) is 18.1. The van der Waals surface area contributed by atoms with E-state index in [9.17, 15) is 0 Å². The van der Waals surface area contributed by atoms with Gasteiger partial charge in [-0.05, 0) is 43.4 Å². The maximum absolute atomic E-state index is 6.06. The van der Waals surface area contributed by atoms with Crippen LogP contribution in [0.3, 0.4) is 0 Å². The zero-order valence-corrected chi connectivity index (χ0v) is 15.1. The number of guanidine groups is 1. The Labute approximate surface area is 147 Å². The summed E-state index contributed by atoms with van der Waals surface area (Å²) in [6.45, 7) is 0.757. The van der Waals surface area contributed by atoms with Crippen LogP contribution in [0.5, 0.6) is 5.75 Å². The third kappa shape index (κ3) is 5.74. The van der Waals surface area contributed by atoms with E-state index in [1.165, 1.54) is 6.42 Å². The lowest BCUT2D eigenvalue weighted by atomic mass is 9.95. The van der Waals surface area contributed by atoms with Crippen molar-refractivity contribution in [1.82, 2.24) is 0 Å². The zero-order chi connectivity index (χ0) is 14.4. The van der Waals surface area contributed by atoms with E-state index >= 15 is 0 Å². The third-order valence-corrected chi connectivity index (χ3v) is 3.62. The van der Waals surface area contributed by atoms with Crippen molar-refractivity contribution in [3.63, 3.8) is 0 Å². The average Bonchev–Trinajstić information content (AvgIpc) is 2.46. The minimum atomic E-state index is 0. The molecule has 1 aliphatic carbocycles. The summed E-state index contributed by atoms with van der Waals surface area (Å²) in [5.41, 5.74) is 6.70. The molecule has 0 aliphatic heterocycles. The van der Waals surface area contributed by atoms with Crippen LogP contribution in [-0.4, -0.2) is 19.6 Å². The molecule has 1 aromatic rings. The molecule has 0 spiro atoms. The van der Waals surface area contributed by atoms with Gasteiger partial charge >= 0.3 is 0 Å². The van der Waals surface area contributed by atoms with E-state index in [2.05, 4.69) is 22.5 Å². The van der Waals surface area contributed by atoms with Crippen LogP contribution in [0.2, 0.25) is 5.02 Å². The van der Waals surface area contributed by atoms with Gasteiger partial charge in [-0.2, -0.15) is 0 Å². The molecule has 4 nitrogen and oxygen atoms in total. The molecule has 0 amide bonds. The number of hydrogen-bond donors (Lipinski definition) is 2. The van der Waals surface area contributed by atoms with Gasteiger partial charge in [-0.3, -0.25) is 4.99 Å². The van der Waals surface area contributed by atoms with Gasteiger partial charge in [-0.25, -0.2) is 0 Å². The van der Waals surface area contributed by atoms with E-state index in [0.717, 1.165) is 25.1 Å². The highest BCUT2D eigenvalue weighted by Crippen LogP contribution is 2.27. The van der Waals surface area contributed by atoms with Gasteiger partial charge in [0.05, 0.1) is 12.1 Å². The fourth-order valence-corrected chi connectivity index (χ4v) is 2.44. The summed E-state index contributed by atoms with van der Waals surface area (Å²) in [6, 6.07) is 5.42. The molecule has 0 radical (unpaired) electrons. The van der Waals surface area contributed by atoms with Gasteiger partial charge in [-0.1, -0.05) is 23.8 Å². The van der Waals surface area contributed by atoms with Crippen LogP contribution in [-0.2, 0) is 0 Å². The lowest BCUT2D eigenvalue weighted by Gasteiger charge is -2.15. The normalized spacial score (nSPS) is 18.0. The standard InChI is InChI=1S/C15H20ClN3O.HI/c1-20-14-8-7-12(9-13(14)16)19-15(17)18-10-11-5-3-2-4-6-11;/h2-3,7-9,11H,4-6,10H2,1H3,(H3,17,18,19);1H. The van der Waals surface area contributed by atoms with Crippen molar-refractivity contribution in [2.24, 2.45) is 16.6 Å². The van der Waals surface area contributed by atoms with Gasteiger partial charge in [0.25, 0.3) is 0 Å². The number of aliphatic imine (C=N–C) groups is 1. The van der Waals surface area contributed by atoms with Crippen molar-refractivity contribution in [3.05, 3.63) is 35.4 Å². The van der Waals surface area contributed by atoms with E-state index in [1.807, 2.05) is 6.07 Å². The highest BCUT2D eigenvalue weighted by atomic mass is 127. The molecule has 3 N–H and O–H groups in total. The molecule has 0 fully saturated rings. The van der Waals surface area contributed by atoms with E-state index in [1.54, 1.807) is 19.2 Å². The molecule has 0 saturated heterocycles. The lowest BCUT2D eigenvalue weighted by Crippen LogP contribution is -2.24. The first-order valence-corrected chi connectivity index (χ1v) is 7.12. The predicted octanol–water partition coefficient (Wildman–Crippen LogP) is 4.05. The van der Waals surface area contributed by atoms with Crippen LogP contribution in [0, 0.1) is 5.92 Å². The van der Waals surface area contributed by atoms with Crippen LogP contribution in [0.1, 0.15) is 19.3 Å². The number of ether oxygens (including phenoxy) is 1. The van der Waals surface area contributed by atoms with Crippen LogP contribution < -0.4 is 15.8 Å². The Hall–Kier alpha value is -0.950. The number of methoxy groups -OCH3 is 1. The molecule has 0 saturated carbocycles. The second-order valence-corrected chi connectivity index (χ2v) is 5.26. The summed E-state index contributed by atoms with van der Waals surface area (Å²) >= 11 is 6.06. The smallest absolute Gasteiger partial charge is 0.193 e. The SMILES string of the molecule is COc1ccc(NC(N)=NCC2CC=CCC2)cc1Cl.I. The summed E-state index contributed by atoms with van der Waals surface area (Å²) in [7, 11) is 1.59. The van der Waals surface area contributed by atoms with E-state index in [4.69, 9.17) is 22.1 Å². The summed E-state index contributed by atoms with van der Waals surface area (Å²) < 4.78 is 5.10. The molecular formula is C15H21ClIN3O. The maximum Gasteiger partial charge on any atom is 0.193 e. The number of nitrogens with zero attached hydrogens (tertiary/aromatic N) is 1. The largest absolute Gasteiger partial charge is 0.495 e. The topological polar surface area (TPSA) is 59.6 Å². The number of benzene rings is 1. The Morgan fingerprint density at radius 3 is 2.90 bits per heavy atom. The number of nitrogens with one attached hydrogen (secondary N) is 1. The molecule has 6 heteroatoms. The molecule has 1 unspecified atom stereocenters. The highest BCUT2D eigenvalue weighted by molar-refractivity contribution is 14.0. The second-order valence-electron chi connectivity index (χ2n) is 4.85. The van der Waals surface area contributed by atoms with E-state index in [-0.39, 0.29) is 24.0 Å². The maximum atomic E-state index is 6.06. The number of anilines is 1. The predicted molar refractivity (Wildman–Crippen MR) is 100 cm³/mol. The average molecular weight is 422 g/mol. The first-order chi connectivity index (χ1) is 9.69. The van der Waals surface area contributed by atoms with Crippen LogP contribution in [0.4, 0.5) is 5.69 Å². The van der Waals surface area contributed by atoms with Gasteiger partial charge in [0.1, 0.15) is 5.75 Å². The molecule has 1 atom stereocenters. The molecule has 0 aromatic heterocycles. The Bertz CT molecular complexity index is 520. The quantitative estimate of drug-likeness (QED) is 0.334. The fourth-order valence-electron chi connectivity index (χ4n) is 2.18. The number of rotatable bonds is 4. The molecule has 116 valence electrons. The fraction of sp³-hybridized carbons (Fsp3) is 0.400. The summed E-state index contributed by atoms with van der Waals surface area (Å²) in [5.74, 6) is 1.65. The number of halogens is 2. The Kier molecular flexibility index (Phi) is 7.88. The Morgan fingerprint density at radius 1 is 1.48 bits per heavy atom. The first-order valence-electron chi connectivity index (χ1n) is 6.74. The van der Waals surface area contributed by atoms with Gasteiger partial charge in [0, 0.05) is 12.2 Å². The molecule has 1 aliphatic rings. The molecule has 21 heavy (non-hydrogen) atoms. The third-order valence-electron chi connectivity index (χ3n) is 3.32. The zero-order valence-electron chi connectivity index (χ0n) is 12.0. The van der Waals surface area contributed by atoms with Crippen molar-refractivity contribution >= 4 is 47.2 Å². The summed E-state index contributed by atoms with van der Waals surface area (Å²) in [6.07, 6.45) is 7.85. The van der Waals surface area contributed by atoms with E-state index < -0.39 is 0 Å². The minimum Gasteiger partial charge on any atom is -0.495 e. The van der Waals surface area contributed by atoms with Crippen molar-refractivity contribution in [3.8, 4) is 5.75 Å². The lowest BCUT2D eigenvalue weighted by molar-refractivity contribution is 0.415. The van der Waals surface area contributed by atoms with Crippen molar-refractivity contribution in [1.29, 1.82) is 0 Å². The minimum absolute atomic E-state index is 0. The molecule has 0 bridgehead atoms. The molecule has 2 rings (SSSR count). The molecule has 1 aromatic carbocycles. The molecular weight excluding hydrogens is 401 g/mol. The monoisotopic (exact) mass is 421 g/mol. The van der Waals surface area contributed by atoms with Gasteiger partial charge in [0.2, 0.25) is 0 Å². The second kappa shape index (κ2) is 9.15. The highest BCUT2D eigenvalue weighted by Gasteiger charge is 2.09. The molecule has 0 heterocycles. The van der Waals surface area contributed by atoms with E-state index in [0.29, 0.717) is 22.6 Å². The number of nitrogens with two attached hydrogens (primary N) is 1. The van der Waals surface area contributed by atoms with Crippen LogP contribution in [0.25, 0.3) is 0 Å².